The summed E-state index contributed by atoms with van der Waals surface area (Å²) in [5.74, 6) is -2.35. The molecule has 0 aliphatic rings. The molecule has 174 valence electrons. The van der Waals surface area contributed by atoms with Crippen molar-refractivity contribution in [3.63, 3.8) is 0 Å². The molecule has 8 nitrogen and oxygen atoms in total. The molecule has 4 aromatic rings. The number of rotatable bonds is 6. The van der Waals surface area contributed by atoms with Gasteiger partial charge in [0.2, 0.25) is 5.55 Å². The summed E-state index contributed by atoms with van der Waals surface area (Å²) in [6, 6.07) is 16.4. The molecule has 0 spiro atoms. The highest BCUT2D eigenvalue weighted by atomic mass is 32.2. The number of hydrogen-bond acceptors (Lipinski definition) is 6. The fourth-order valence-corrected chi connectivity index (χ4v) is 3.89. The van der Waals surface area contributed by atoms with Gasteiger partial charge in [-0.15, -0.1) is 5.10 Å². The van der Waals surface area contributed by atoms with Gasteiger partial charge in [-0.3, -0.25) is 4.79 Å². The first-order valence-electron chi connectivity index (χ1n) is 9.76. The van der Waals surface area contributed by atoms with Gasteiger partial charge >= 0.3 is 0 Å². The second-order valence-electron chi connectivity index (χ2n) is 6.94. The summed E-state index contributed by atoms with van der Waals surface area (Å²) in [6.07, 6.45) is 0. The van der Waals surface area contributed by atoms with Crippen LogP contribution in [0.3, 0.4) is 0 Å². The number of carbonyl (C=O) groups excluding carboxylic acids is 1. The van der Waals surface area contributed by atoms with Crippen molar-refractivity contribution < 1.29 is 31.1 Å². The minimum atomic E-state index is -4.08. The zero-order valence-electron chi connectivity index (χ0n) is 17.6. The summed E-state index contributed by atoms with van der Waals surface area (Å²) in [4.78, 5) is 14.9. The highest BCUT2D eigenvalue weighted by Crippen LogP contribution is 2.25. The summed E-state index contributed by atoms with van der Waals surface area (Å²) >= 11 is 0. The van der Waals surface area contributed by atoms with Crippen molar-refractivity contribution >= 4 is 32.6 Å². The number of ether oxygens (including phenoxy) is 1. The van der Waals surface area contributed by atoms with Crippen molar-refractivity contribution in [2.75, 3.05) is 12.4 Å². The van der Waals surface area contributed by atoms with E-state index < -0.39 is 33.1 Å². The maximum Gasteiger partial charge on any atom is 0.276 e. The molecular weight excluding hydrogens is 468 g/mol. The molecule has 1 aromatic heterocycles. The van der Waals surface area contributed by atoms with Crippen LogP contribution < -0.4 is 20.4 Å². The number of anilines is 1. The van der Waals surface area contributed by atoms with E-state index in [0.29, 0.717) is 17.2 Å². The predicted octanol–water partition coefficient (Wildman–Crippen LogP) is 3.77. The Balaban J connectivity index is 1.82. The number of benzene rings is 3. The molecule has 0 saturated carbocycles. The Labute approximate surface area is 192 Å². The van der Waals surface area contributed by atoms with Crippen LogP contribution in [-0.4, -0.2) is 21.4 Å². The lowest BCUT2D eigenvalue weighted by atomic mass is 10.1. The average Bonchev–Trinajstić information content (AvgIpc) is 2.84. The molecule has 3 aromatic carbocycles. The van der Waals surface area contributed by atoms with Gasteiger partial charge in [0.05, 0.1) is 17.7 Å². The lowest BCUT2D eigenvalue weighted by molar-refractivity contribution is 0.102. The maximum atomic E-state index is 14.1. The molecule has 1 heterocycles. The number of nitrogens with one attached hydrogen (secondary N) is 2. The van der Waals surface area contributed by atoms with Crippen LogP contribution in [0.1, 0.15) is 10.4 Å². The largest absolute Gasteiger partial charge is 0.493 e. The van der Waals surface area contributed by atoms with Crippen LogP contribution in [-0.2, 0) is 10.0 Å². The van der Waals surface area contributed by atoms with Crippen LogP contribution in [0.2, 0.25) is 0 Å². The molecule has 0 bridgehead atoms. The molecule has 11 heteroatoms. The summed E-state index contributed by atoms with van der Waals surface area (Å²) in [6.45, 7) is 0. The number of halogens is 2. The molecule has 0 fully saturated rings. The van der Waals surface area contributed by atoms with Gasteiger partial charge in [-0.1, -0.05) is 30.3 Å². The Morgan fingerprint density at radius 3 is 2.47 bits per heavy atom. The fourth-order valence-electron chi connectivity index (χ4n) is 3.07. The lowest BCUT2D eigenvalue weighted by Crippen LogP contribution is -2.27. The van der Waals surface area contributed by atoms with Crippen LogP contribution >= 0.6 is 0 Å². The van der Waals surface area contributed by atoms with Crippen molar-refractivity contribution in [2.45, 2.75) is 4.90 Å². The van der Waals surface area contributed by atoms with E-state index in [9.17, 15) is 22.0 Å². The number of para-hydroxylation sites is 1. The average molecular weight is 485 g/mol. The predicted molar refractivity (Wildman–Crippen MR) is 119 cm³/mol. The van der Waals surface area contributed by atoms with E-state index in [2.05, 4.69) is 10.4 Å². The minimum absolute atomic E-state index is 0.0588. The van der Waals surface area contributed by atoms with Crippen molar-refractivity contribution in [2.24, 2.45) is 5.10 Å². The minimum Gasteiger partial charge on any atom is -0.493 e. The Bertz CT molecular complexity index is 1550. The topological polar surface area (TPSA) is 110 Å². The molecule has 0 atom stereocenters. The first-order chi connectivity index (χ1) is 16.3. The maximum absolute atomic E-state index is 14.1. The third-order valence-corrected chi connectivity index (χ3v) is 5.93. The van der Waals surface area contributed by atoms with Gasteiger partial charge in [0, 0.05) is 11.5 Å². The highest BCUT2D eigenvalue weighted by Gasteiger charge is 2.18. The summed E-state index contributed by atoms with van der Waals surface area (Å²) in [5, 5.41) is 6.55. The molecule has 4 rings (SSSR count). The third-order valence-electron chi connectivity index (χ3n) is 4.70. The molecule has 0 saturated heterocycles. The molecule has 0 radical (unpaired) electrons. The molecule has 34 heavy (non-hydrogen) atoms. The van der Waals surface area contributed by atoms with Crippen LogP contribution in [0.15, 0.2) is 87.2 Å². The number of fused-ring (bicyclic) bond motifs is 1. The molecule has 2 N–H and O–H groups in total. The van der Waals surface area contributed by atoms with Crippen LogP contribution in [0.25, 0.3) is 11.0 Å². The van der Waals surface area contributed by atoms with E-state index in [1.54, 1.807) is 24.3 Å². The van der Waals surface area contributed by atoms with E-state index in [-0.39, 0.29) is 21.7 Å². The number of amides is 1. The zero-order chi connectivity index (χ0) is 24.3. The normalized spacial score (nSPS) is 11.9. The quantitative estimate of drug-likeness (QED) is 0.404. The van der Waals surface area contributed by atoms with E-state index in [1.807, 2.05) is 4.83 Å². The van der Waals surface area contributed by atoms with Gasteiger partial charge in [0.1, 0.15) is 17.2 Å². The van der Waals surface area contributed by atoms with Gasteiger partial charge in [0.25, 0.3) is 15.9 Å². The highest BCUT2D eigenvalue weighted by molar-refractivity contribution is 7.89. The van der Waals surface area contributed by atoms with Crippen LogP contribution in [0.5, 0.6) is 5.75 Å². The Hall–Kier alpha value is -4.25. The Morgan fingerprint density at radius 1 is 1.00 bits per heavy atom. The molecule has 0 aliphatic heterocycles. The first kappa shape index (κ1) is 22.9. The molecular formula is C23H17F2N3O5S. The SMILES string of the molecule is COc1cccc2cc(C(=O)Nc3ccc(F)cc3F)/c(=N/NS(=O)(=O)c3ccccc3)oc12. The van der Waals surface area contributed by atoms with Gasteiger partial charge in [0.15, 0.2) is 11.3 Å². The van der Waals surface area contributed by atoms with E-state index in [0.717, 1.165) is 12.1 Å². The lowest BCUT2D eigenvalue weighted by Gasteiger charge is -2.10. The molecule has 0 unspecified atom stereocenters. The smallest absolute Gasteiger partial charge is 0.276 e. The van der Waals surface area contributed by atoms with E-state index >= 15 is 0 Å². The van der Waals surface area contributed by atoms with Gasteiger partial charge < -0.3 is 14.5 Å². The summed E-state index contributed by atoms with van der Waals surface area (Å²) in [7, 11) is -2.67. The van der Waals surface area contributed by atoms with Crippen molar-refractivity contribution in [3.8, 4) is 5.75 Å². The van der Waals surface area contributed by atoms with Gasteiger partial charge in [-0.2, -0.15) is 13.2 Å². The van der Waals surface area contributed by atoms with Crippen LogP contribution in [0.4, 0.5) is 14.5 Å². The monoisotopic (exact) mass is 485 g/mol. The van der Waals surface area contributed by atoms with Crippen molar-refractivity contribution in [3.05, 3.63) is 95.5 Å². The van der Waals surface area contributed by atoms with Gasteiger partial charge in [-0.25, -0.2) is 8.78 Å². The Morgan fingerprint density at radius 2 is 1.76 bits per heavy atom. The van der Waals surface area contributed by atoms with Gasteiger partial charge in [-0.05, 0) is 36.4 Å². The second-order valence-corrected chi connectivity index (χ2v) is 8.60. The third kappa shape index (κ3) is 4.74. The fraction of sp³-hybridized carbons (Fsp3) is 0.0435. The summed E-state index contributed by atoms with van der Waals surface area (Å²) in [5.41, 5.74) is -0.697. The van der Waals surface area contributed by atoms with Crippen LogP contribution in [0, 0.1) is 11.6 Å². The number of methoxy groups -OCH3 is 1. The number of nitrogens with zero attached hydrogens (tertiary/aromatic N) is 1. The Kier molecular flexibility index (Phi) is 6.28. The number of carbonyl (C=O) groups is 1. The summed E-state index contributed by atoms with van der Waals surface area (Å²) < 4.78 is 63.4. The standard InChI is InChI=1S/C23H17F2N3O5S/c1-32-20-9-5-6-14-12-17(22(29)26-19-11-10-15(24)13-18(19)25)23(33-21(14)20)27-28-34(30,31)16-7-3-2-4-8-16/h2-13,28H,1H3,(H,26,29)/b27-23-. The molecule has 0 aliphatic carbocycles. The van der Waals surface area contributed by atoms with Crippen molar-refractivity contribution in [1.82, 2.24) is 4.83 Å². The number of sulfonamides is 1. The molecule has 1 amide bonds. The number of hydrogen-bond donors (Lipinski definition) is 2. The van der Waals surface area contributed by atoms with E-state index in [4.69, 9.17) is 9.15 Å². The van der Waals surface area contributed by atoms with E-state index in [1.165, 1.54) is 37.4 Å². The zero-order valence-corrected chi connectivity index (χ0v) is 18.4. The first-order valence-corrected chi connectivity index (χ1v) is 11.2. The second kappa shape index (κ2) is 9.32. The van der Waals surface area contributed by atoms with Crippen molar-refractivity contribution in [1.29, 1.82) is 0 Å².